The van der Waals surface area contributed by atoms with Crippen molar-refractivity contribution in [3.63, 3.8) is 0 Å². The lowest BCUT2D eigenvalue weighted by atomic mass is 10.1. The van der Waals surface area contributed by atoms with Crippen molar-refractivity contribution in [3.05, 3.63) is 97.9 Å². The lowest BCUT2D eigenvalue weighted by Gasteiger charge is -2.14. The van der Waals surface area contributed by atoms with Crippen LogP contribution in [-0.2, 0) is 13.0 Å². The predicted molar refractivity (Wildman–Crippen MR) is 133 cm³/mol. The summed E-state index contributed by atoms with van der Waals surface area (Å²) in [6.45, 7) is 0.803. The largest absolute Gasteiger partial charge is 0.492 e. The Kier molecular flexibility index (Phi) is 8.72. The maximum absolute atomic E-state index is 12.8. The van der Waals surface area contributed by atoms with E-state index in [4.69, 9.17) is 40.2 Å². The van der Waals surface area contributed by atoms with Crippen molar-refractivity contribution in [2.24, 2.45) is 0 Å². The average Bonchev–Trinajstić information content (AvgIpc) is 2.75. The Bertz CT molecular complexity index is 1080. The summed E-state index contributed by atoms with van der Waals surface area (Å²) < 4.78 is 6.64. The topological polar surface area (TPSA) is 50.4 Å². The third-order valence-electron chi connectivity index (χ3n) is 4.36. The molecule has 0 saturated heterocycles. The number of carbonyl (C=O) groups excluding carboxylic acids is 1. The molecule has 0 aromatic heterocycles. The van der Waals surface area contributed by atoms with E-state index in [2.05, 4.69) is 26.6 Å². The number of thiocarbonyl (C=S) groups is 1. The van der Waals surface area contributed by atoms with E-state index in [9.17, 15) is 4.79 Å². The minimum atomic E-state index is -0.365. The third-order valence-corrected chi connectivity index (χ3v) is 5.69. The molecule has 0 atom stereocenters. The summed E-state index contributed by atoms with van der Waals surface area (Å²) in [6.07, 6.45) is 0.736. The van der Waals surface area contributed by atoms with Crippen molar-refractivity contribution in [3.8, 4) is 5.75 Å². The SMILES string of the molecule is O=C(NC(=S)NCc1ccc(Cl)cc1Cl)c1cc(Br)ccc1OCCc1ccccc1. The Labute approximate surface area is 205 Å². The van der Waals surface area contributed by atoms with Gasteiger partial charge >= 0.3 is 0 Å². The fourth-order valence-corrected chi connectivity index (χ4v) is 3.79. The molecule has 0 radical (unpaired) electrons. The van der Waals surface area contributed by atoms with Crippen molar-refractivity contribution in [1.29, 1.82) is 0 Å². The summed E-state index contributed by atoms with van der Waals surface area (Å²) >= 11 is 20.7. The highest BCUT2D eigenvalue weighted by molar-refractivity contribution is 9.10. The normalized spacial score (nSPS) is 10.4. The van der Waals surface area contributed by atoms with Gasteiger partial charge in [-0.2, -0.15) is 0 Å². The van der Waals surface area contributed by atoms with Gasteiger partial charge < -0.3 is 10.1 Å². The molecule has 0 spiro atoms. The monoisotopic (exact) mass is 536 g/mol. The number of carbonyl (C=O) groups is 1. The van der Waals surface area contributed by atoms with Gasteiger partial charge in [0.15, 0.2) is 5.11 Å². The molecule has 31 heavy (non-hydrogen) atoms. The molecule has 3 aromatic rings. The van der Waals surface area contributed by atoms with E-state index >= 15 is 0 Å². The summed E-state index contributed by atoms with van der Waals surface area (Å²) in [5.74, 6) is 0.121. The van der Waals surface area contributed by atoms with Crippen LogP contribution in [0.15, 0.2) is 71.2 Å². The highest BCUT2D eigenvalue weighted by Gasteiger charge is 2.15. The van der Waals surface area contributed by atoms with Gasteiger partial charge in [0.1, 0.15) is 5.75 Å². The Balaban J connectivity index is 1.59. The van der Waals surface area contributed by atoms with Crippen LogP contribution in [0.25, 0.3) is 0 Å². The molecule has 0 aliphatic heterocycles. The number of ether oxygens (including phenoxy) is 1. The van der Waals surface area contributed by atoms with Gasteiger partial charge in [-0.25, -0.2) is 0 Å². The molecule has 0 unspecified atom stereocenters. The molecule has 0 bridgehead atoms. The molecule has 8 heteroatoms. The van der Waals surface area contributed by atoms with Crippen LogP contribution in [0.1, 0.15) is 21.5 Å². The molecule has 0 fully saturated rings. The average molecular weight is 538 g/mol. The fourth-order valence-electron chi connectivity index (χ4n) is 2.78. The van der Waals surface area contributed by atoms with E-state index in [1.54, 1.807) is 30.3 Å². The Morgan fingerprint density at radius 1 is 1.03 bits per heavy atom. The summed E-state index contributed by atoms with van der Waals surface area (Å²) in [5.41, 5.74) is 2.36. The first kappa shape index (κ1) is 23.5. The second kappa shape index (κ2) is 11.5. The van der Waals surface area contributed by atoms with Crippen molar-refractivity contribution >= 4 is 62.4 Å². The molecule has 2 N–H and O–H groups in total. The van der Waals surface area contributed by atoms with Crippen LogP contribution in [0.5, 0.6) is 5.75 Å². The number of hydrogen-bond donors (Lipinski definition) is 2. The van der Waals surface area contributed by atoms with E-state index in [-0.39, 0.29) is 11.0 Å². The highest BCUT2D eigenvalue weighted by Crippen LogP contribution is 2.24. The van der Waals surface area contributed by atoms with Gasteiger partial charge in [-0.15, -0.1) is 0 Å². The molecule has 0 saturated carbocycles. The molecule has 3 aromatic carbocycles. The van der Waals surface area contributed by atoms with E-state index in [1.807, 2.05) is 36.4 Å². The quantitative estimate of drug-likeness (QED) is 0.353. The maximum atomic E-state index is 12.8. The van der Waals surface area contributed by atoms with E-state index in [0.29, 0.717) is 34.5 Å². The number of benzene rings is 3. The van der Waals surface area contributed by atoms with E-state index < -0.39 is 0 Å². The Morgan fingerprint density at radius 2 is 1.81 bits per heavy atom. The predicted octanol–water partition coefficient (Wildman–Crippen LogP) is 6.18. The second-order valence-corrected chi connectivity index (χ2v) is 8.76. The summed E-state index contributed by atoms with van der Waals surface area (Å²) in [6, 6.07) is 20.5. The molecule has 3 rings (SSSR count). The Hall–Kier alpha value is -2.12. The van der Waals surface area contributed by atoms with E-state index in [0.717, 1.165) is 22.0 Å². The zero-order valence-electron chi connectivity index (χ0n) is 16.3. The first-order valence-corrected chi connectivity index (χ1v) is 11.4. The number of hydrogen-bond acceptors (Lipinski definition) is 3. The first-order chi connectivity index (χ1) is 14.9. The van der Waals surface area contributed by atoms with Crippen LogP contribution in [0, 0.1) is 0 Å². The van der Waals surface area contributed by atoms with Crippen LogP contribution >= 0.6 is 51.3 Å². The van der Waals surface area contributed by atoms with Crippen LogP contribution in [0.2, 0.25) is 10.0 Å². The van der Waals surface area contributed by atoms with Crippen LogP contribution < -0.4 is 15.4 Å². The number of rotatable bonds is 7. The van der Waals surface area contributed by atoms with Crippen LogP contribution in [0.3, 0.4) is 0 Å². The van der Waals surface area contributed by atoms with Crippen molar-refractivity contribution in [2.45, 2.75) is 13.0 Å². The van der Waals surface area contributed by atoms with Crippen molar-refractivity contribution in [2.75, 3.05) is 6.61 Å². The van der Waals surface area contributed by atoms with Gasteiger partial charge in [-0.3, -0.25) is 10.1 Å². The Morgan fingerprint density at radius 3 is 2.55 bits per heavy atom. The standard InChI is InChI=1S/C23H19BrCl2N2O2S/c24-17-7-9-21(30-11-10-15-4-2-1-3-5-15)19(12-17)22(29)28-23(31)27-14-16-6-8-18(25)13-20(16)26/h1-9,12-13H,10-11,14H2,(H2,27,28,29,31). The van der Waals surface area contributed by atoms with Crippen molar-refractivity contribution < 1.29 is 9.53 Å². The molecule has 0 heterocycles. The molecular weight excluding hydrogens is 519 g/mol. The summed E-state index contributed by atoms with van der Waals surface area (Å²) in [7, 11) is 0. The van der Waals surface area contributed by atoms with E-state index in [1.165, 1.54) is 0 Å². The van der Waals surface area contributed by atoms with Gasteiger partial charge in [0.05, 0.1) is 12.2 Å². The number of nitrogens with one attached hydrogen (secondary N) is 2. The summed E-state index contributed by atoms with van der Waals surface area (Å²) in [4.78, 5) is 12.8. The first-order valence-electron chi connectivity index (χ1n) is 9.42. The molecule has 4 nitrogen and oxygen atoms in total. The number of halogens is 3. The fraction of sp³-hybridized carbons (Fsp3) is 0.130. The second-order valence-electron chi connectivity index (χ2n) is 6.60. The van der Waals surface area contributed by atoms with Gasteiger partial charge in [-0.1, -0.05) is 75.5 Å². The number of amides is 1. The zero-order chi connectivity index (χ0) is 22.2. The molecule has 160 valence electrons. The third kappa shape index (κ3) is 7.21. The smallest absolute Gasteiger partial charge is 0.261 e. The highest BCUT2D eigenvalue weighted by atomic mass is 79.9. The summed E-state index contributed by atoms with van der Waals surface area (Å²) in [5, 5.41) is 6.93. The van der Waals surface area contributed by atoms with Gasteiger partial charge in [-0.05, 0) is 53.7 Å². The van der Waals surface area contributed by atoms with Gasteiger partial charge in [0, 0.05) is 27.5 Å². The molecular formula is C23H19BrCl2N2O2S. The molecule has 0 aliphatic carbocycles. The zero-order valence-corrected chi connectivity index (χ0v) is 20.2. The minimum Gasteiger partial charge on any atom is -0.492 e. The van der Waals surface area contributed by atoms with Crippen LogP contribution in [0.4, 0.5) is 0 Å². The van der Waals surface area contributed by atoms with Crippen molar-refractivity contribution in [1.82, 2.24) is 10.6 Å². The maximum Gasteiger partial charge on any atom is 0.261 e. The van der Waals surface area contributed by atoms with Gasteiger partial charge in [0.2, 0.25) is 0 Å². The minimum absolute atomic E-state index is 0.186. The lowest BCUT2D eigenvalue weighted by Crippen LogP contribution is -2.39. The molecule has 0 aliphatic rings. The van der Waals surface area contributed by atoms with Gasteiger partial charge in [0.25, 0.3) is 5.91 Å². The molecule has 1 amide bonds. The van der Waals surface area contributed by atoms with Crippen LogP contribution in [-0.4, -0.2) is 17.6 Å². The lowest BCUT2D eigenvalue weighted by molar-refractivity contribution is 0.0972.